The summed E-state index contributed by atoms with van der Waals surface area (Å²) in [5.41, 5.74) is 1.12. The number of aliphatic imine (C=N–C) groups is 1. The van der Waals surface area contributed by atoms with Gasteiger partial charge in [-0.3, -0.25) is 9.67 Å². The van der Waals surface area contributed by atoms with Crippen molar-refractivity contribution in [2.75, 3.05) is 39.4 Å². The smallest absolute Gasteiger partial charge is 0.194 e. The Balaban J connectivity index is 1.98. The summed E-state index contributed by atoms with van der Waals surface area (Å²) >= 11 is 0. The Bertz CT molecular complexity index is 558. The lowest BCUT2D eigenvalue weighted by atomic mass is 10.0. The van der Waals surface area contributed by atoms with Gasteiger partial charge >= 0.3 is 0 Å². The Morgan fingerprint density at radius 2 is 2.27 bits per heavy atom. The molecule has 1 N–H and O–H groups in total. The van der Waals surface area contributed by atoms with Gasteiger partial charge in [0.1, 0.15) is 6.10 Å². The van der Waals surface area contributed by atoms with Crippen LogP contribution in [0, 0.1) is 5.92 Å². The first kappa shape index (κ1) is 20.7. The molecule has 2 atom stereocenters. The van der Waals surface area contributed by atoms with Gasteiger partial charge in [0.2, 0.25) is 0 Å². The zero-order valence-electron chi connectivity index (χ0n) is 16.9. The van der Waals surface area contributed by atoms with Gasteiger partial charge in [0.05, 0.1) is 25.5 Å². The summed E-state index contributed by atoms with van der Waals surface area (Å²) in [4.78, 5) is 7.14. The number of aryl methyl sites for hydroxylation is 1. The van der Waals surface area contributed by atoms with Gasteiger partial charge in [0.25, 0.3) is 0 Å². The average Bonchev–Trinajstić information content (AvgIpc) is 3.06. The summed E-state index contributed by atoms with van der Waals surface area (Å²) in [6.07, 6.45) is 5.14. The summed E-state index contributed by atoms with van der Waals surface area (Å²) in [5.74, 6) is 1.47. The minimum absolute atomic E-state index is 0.0353. The van der Waals surface area contributed by atoms with Crippen molar-refractivity contribution in [2.45, 2.75) is 46.3 Å². The maximum atomic E-state index is 5.94. The fraction of sp³-hybridized carbons (Fsp3) is 0.789. The minimum atomic E-state index is 0.0353. The lowest BCUT2D eigenvalue weighted by Crippen LogP contribution is -2.48. The molecule has 0 saturated carbocycles. The second-order valence-corrected chi connectivity index (χ2v) is 7.01. The van der Waals surface area contributed by atoms with Crippen LogP contribution in [0.5, 0.6) is 0 Å². The highest BCUT2D eigenvalue weighted by molar-refractivity contribution is 5.80. The Morgan fingerprint density at radius 1 is 1.46 bits per heavy atom. The Morgan fingerprint density at radius 3 is 2.88 bits per heavy atom. The van der Waals surface area contributed by atoms with Crippen molar-refractivity contribution < 1.29 is 9.47 Å². The van der Waals surface area contributed by atoms with Crippen LogP contribution in [-0.2, 0) is 16.5 Å². The molecule has 0 spiro atoms. The van der Waals surface area contributed by atoms with Crippen LogP contribution < -0.4 is 5.32 Å². The highest BCUT2D eigenvalue weighted by atomic mass is 16.5. The van der Waals surface area contributed by atoms with E-state index in [9.17, 15) is 0 Å². The quantitative estimate of drug-likeness (QED) is 0.565. The molecule has 2 heterocycles. The van der Waals surface area contributed by atoms with E-state index in [4.69, 9.17) is 14.5 Å². The van der Waals surface area contributed by atoms with Gasteiger partial charge in [0, 0.05) is 45.0 Å². The van der Waals surface area contributed by atoms with E-state index in [0.29, 0.717) is 12.5 Å². The third-order valence-corrected chi connectivity index (χ3v) is 4.60. The highest BCUT2D eigenvalue weighted by Crippen LogP contribution is 2.21. The number of guanidine groups is 1. The molecule has 26 heavy (non-hydrogen) atoms. The van der Waals surface area contributed by atoms with Crippen LogP contribution in [0.25, 0.3) is 0 Å². The number of ether oxygens (including phenoxy) is 2. The standard InChI is InChI=1S/C19H35N5O2/c1-6-20-19(21-9-8-17(15(3)4)25-7-2)24-10-11-26-18(14-24)16-12-22-23(5)13-16/h12-13,15,17-18H,6-11,14H2,1-5H3,(H,20,21). The summed E-state index contributed by atoms with van der Waals surface area (Å²) in [5, 5.41) is 7.68. The van der Waals surface area contributed by atoms with Gasteiger partial charge < -0.3 is 19.7 Å². The predicted molar refractivity (Wildman–Crippen MR) is 104 cm³/mol. The van der Waals surface area contributed by atoms with Gasteiger partial charge in [-0.15, -0.1) is 0 Å². The molecule has 1 aliphatic rings. The fourth-order valence-electron chi connectivity index (χ4n) is 3.20. The van der Waals surface area contributed by atoms with Crippen molar-refractivity contribution in [1.82, 2.24) is 20.0 Å². The lowest BCUT2D eigenvalue weighted by molar-refractivity contribution is -0.00815. The summed E-state index contributed by atoms with van der Waals surface area (Å²) in [6.45, 7) is 13.3. The molecule has 2 unspecified atom stereocenters. The van der Waals surface area contributed by atoms with Gasteiger partial charge in [-0.25, -0.2) is 0 Å². The van der Waals surface area contributed by atoms with Gasteiger partial charge in [0.15, 0.2) is 5.96 Å². The zero-order chi connectivity index (χ0) is 18.9. The highest BCUT2D eigenvalue weighted by Gasteiger charge is 2.25. The van der Waals surface area contributed by atoms with Crippen LogP contribution in [0.4, 0.5) is 0 Å². The van der Waals surface area contributed by atoms with Crippen LogP contribution in [-0.4, -0.2) is 66.1 Å². The molecule has 1 aromatic heterocycles. The normalized spacial score (nSPS) is 19.8. The molecule has 1 aromatic rings. The molecule has 0 radical (unpaired) electrons. The third-order valence-electron chi connectivity index (χ3n) is 4.60. The van der Waals surface area contributed by atoms with Crippen LogP contribution >= 0.6 is 0 Å². The van der Waals surface area contributed by atoms with Gasteiger partial charge in [-0.05, 0) is 26.2 Å². The molecule has 1 fully saturated rings. The van der Waals surface area contributed by atoms with Crippen molar-refractivity contribution in [2.24, 2.45) is 18.0 Å². The van der Waals surface area contributed by atoms with E-state index in [2.05, 4.69) is 43.0 Å². The van der Waals surface area contributed by atoms with Crippen LogP contribution in [0.1, 0.15) is 45.8 Å². The maximum absolute atomic E-state index is 5.94. The number of hydrogen-bond acceptors (Lipinski definition) is 4. The molecule has 148 valence electrons. The zero-order valence-corrected chi connectivity index (χ0v) is 16.9. The molecule has 1 saturated heterocycles. The molecular formula is C19H35N5O2. The molecule has 0 bridgehead atoms. The first-order valence-electron chi connectivity index (χ1n) is 9.80. The van der Waals surface area contributed by atoms with Crippen molar-refractivity contribution >= 4 is 5.96 Å². The number of aromatic nitrogens is 2. The Labute approximate surface area is 157 Å². The molecule has 2 rings (SSSR count). The van der Waals surface area contributed by atoms with Gasteiger partial charge in [-0.1, -0.05) is 13.8 Å². The summed E-state index contributed by atoms with van der Waals surface area (Å²) in [7, 11) is 1.93. The molecular weight excluding hydrogens is 330 g/mol. The van der Waals surface area contributed by atoms with Crippen LogP contribution in [0.3, 0.4) is 0 Å². The van der Waals surface area contributed by atoms with E-state index in [-0.39, 0.29) is 12.2 Å². The van der Waals surface area contributed by atoms with Crippen molar-refractivity contribution in [1.29, 1.82) is 0 Å². The number of nitrogens with one attached hydrogen (secondary N) is 1. The molecule has 0 aromatic carbocycles. The van der Waals surface area contributed by atoms with E-state index < -0.39 is 0 Å². The van der Waals surface area contributed by atoms with E-state index >= 15 is 0 Å². The predicted octanol–water partition coefficient (Wildman–Crippen LogP) is 2.21. The van der Waals surface area contributed by atoms with Crippen LogP contribution in [0.2, 0.25) is 0 Å². The number of morpholine rings is 1. The molecule has 7 nitrogen and oxygen atoms in total. The summed E-state index contributed by atoms with van der Waals surface area (Å²) < 4.78 is 13.6. The summed E-state index contributed by atoms with van der Waals surface area (Å²) in [6, 6.07) is 0. The average molecular weight is 366 g/mol. The first-order valence-corrected chi connectivity index (χ1v) is 9.80. The SMILES string of the molecule is CCNC(=NCCC(OCC)C(C)C)N1CCOC(c2cnn(C)c2)C1. The molecule has 0 aliphatic carbocycles. The number of nitrogens with zero attached hydrogens (tertiary/aromatic N) is 4. The van der Waals surface area contributed by atoms with E-state index in [1.54, 1.807) is 0 Å². The van der Waals surface area contributed by atoms with E-state index in [0.717, 1.165) is 50.7 Å². The van der Waals surface area contributed by atoms with Crippen molar-refractivity contribution in [3.63, 3.8) is 0 Å². The largest absolute Gasteiger partial charge is 0.378 e. The Hall–Kier alpha value is -1.60. The fourth-order valence-corrected chi connectivity index (χ4v) is 3.20. The maximum Gasteiger partial charge on any atom is 0.194 e. The third kappa shape index (κ3) is 5.99. The second kappa shape index (κ2) is 10.5. The molecule has 1 aliphatic heterocycles. The lowest BCUT2D eigenvalue weighted by Gasteiger charge is -2.35. The van der Waals surface area contributed by atoms with Gasteiger partial charge in [-0.2, -0.15) is 5.10 Å². The first-order chi connectivity index (χ1) is 12.5. The molecule has 0 amide bonds. The Kier molecular flexibility index (Phi) is 8.38. The second-order valence-electron chi connectivity index (χ2n) is 7.01. The van der Waals surface area contributed by atoms with Crippen molar-refractivity contribution in [3.05, 3.63) is 18.0 Å². The van der Waals surface area contributed by atoms with E-state index in [1.165, 1.54) is 0 Å². The molecule has 7 heteroatoms. The van der Waals surface area contributed by atoms with Crippen LogP contribution in [0.15, 0.2) is 17.4 Å². The minimum Gasteiger partial charge on any atom is -0.378 e. The topological polar surface area (TPSA) is 63.9 Å². The van der Waals surface area contributed by atoms with Crippen molar-refractivity contribution in [3.8, 4) is 0 Å². The number of rotatable bonds is 8. The number of hydrogen-bond donors (Lipinski definition) is 1. The van der Waals surface area contributed by atoms with E-state index in [1.807, 2.05) is 24.1 Å². The monoisotopic (exact) mass is 365 g/mol.